The SMILES string of the molecule is CCCN(CC)CCNc1ccc(C(=O)O)c(Br)c1F. The van der Waals surface area contributed by atoms with Gasteiger partial charge in [-0.1, -0.05) is 13.8 Å². The van der Waals surface area contributed by atoms with Crippen molar-refractivity contribution in [2.75, 3.05) is 31.5 Å². The maximum absolute atomic E-state index is 14.0. The summed E-state index contributed by atoms with van der Waals surface area (Å²) in [6.45, 7) is 7.62. The minimum absolute atomic E-state index is 0.0177. The van der Waals surface area contributed by atoms with Gasteiger partial charge in [0.15, 0.2) is 5.82 Å². The van der Waals surface area contributed by atoms with E-state index in [0.29, 0.717) is 12.2 Å². The van der Waals surface area contributed by atoms with Gasteiger partial charge in [0, 0.05) is 13.1 Å². The quantitative estimate of drug-likeness (QED) is 0.757. The molecule has 0 aliphatic carbocycles. The zero-order valence-electron chi connectivity index (χ0n) is 11.7. The Bertz CT molecular complexity index is 469. The van der Waals surface area contributed by atoms with Gasteiger partial charge in [-0.2, -0.15) is 0 Å². The van der Waals surface area contributed by atoms with Crippen molar-refractivity contribution in [2.24, 2.45) is 0 Å². The summed E-state index contributed by atoms with van der Waals surface area (Å²) < 4.78 is 14.0. The van der Waals surface area contributed by atoms with Gasteiger partial charge < -0.3 is 15.3 Å². The van der Waals surface area contributed by atoms with Gasteiger partial charge >= 0.3 is 5.97 Å². The molecule has 0 aliphatic heterocycles. The van der Waals surface area contributed by atoms with Crippen LogP contribution in [0, 0.1) is 5.82 Å². The number of halogens is 2. The van der Waals surface area contributed by atoms with Crippen molar-refractivity contribution in [1.29, 1.82) is 0 Å². The van der Waals surface area contributed by atoms with Crippen molar-refractivity contribution in [2.45, 2.75) is 20.3 Å². The molecular formula is C14H20BrFN2O2. The van der Waals surface area contributed by atoms with Crippen LogP contribution in [0.1, 0.15) is 30.6 Å². The molecule has 1 aromatic carbocycles. The summed E-state index contributed by atoms with van der Waals surface area (Å²) in [5, 5.41) is 11.9. The molecule has 0 aromatic heterocycles. The second-order valence-electron chi connectivity index (χ2n) is 4.45. The lowest BCUT2D eigenvalue weighted by Crippen LogP contribution is -2.29. The van der Waals surface area contributed by atoms with E-state index >= 15 is 0 Å². The fourth-order valence-corrected chi connectivity index (χ4v) is 2.46. The van der Waals surface area contributed by atoms with Crippen LogP contribution >= 0.6 is 15.9 Å². The zero-order chi connectivity index (χ0) is 15.1. The molecule has 20 heavy (non-hydrogen) atoms. The van der Waals surface area contributed by atoms with Gasteiger partial charge in [0.1, 0.15) is 0 Å². The third-order valence-electron chi connectivity index (χ3n) is 3.04. The average Bonchev–Trinajstić information content (AvgIpc) is 2.42. The van der Waals surface area contributed by atoms with Crippen molar-refractivity contribution in [3.63, 3.8) is 0 Å². The van der Waals surface area contributed by atoms with Crippen LogP contribution in [0.3, 0.4) is 0 Å². The predicted molar refractivity (Wildman–Crippen MR) is 82.0 cm³/mol. The second kappa shape index (κ2) is 8.21. The molecule has 0 bridgehead atoms. The zero-order valence-corrected chi connectivity index (χ0v) is 13.3. The monoisotopic (exact) mass is 346 g/mol. The highest BCUT2D eigenvalue weighted by Gasteiger charge is 2.15. The maximum Gasteiger partial charge on any atom is 0.336 e. The highest BCUT2D eigenvalue weighted by Crippen LogP contribution is 2.26. The molecule has 0 unspecified atom stereocenters. The molecule has 0 heterocycles. The largest absolute Gasteiger partial charge is 0.478 e. The summed E-state index contributed by atoms with van der Waals surface area (Å²) in [5.74, 6) is -1.72. The van der Waals surface area contributed by atoms with E-state index in [9.17, 15) is 9.18 Å². The number of aromatic carboxylic acids is 1. The number of carbonyl (C=O) groups is 1. The van der Waals surface area contributed by atoms with Crippen molar-refractivity contribution in [3.8, 4) is 0 Å². The summed E-state index contributed by atoms with van der Waals surface area (Å²) in [4.78, 5) is 13.1. The van der Waals surface area contributed by atoms with E-state index in [-0.39, 0.29) is 10.0 Å². The minimum atomic E-state index is -1.15. The molecule has 0 saturated carbocycles. The number of hydrogen-bond acceptors (Lipinski definition) is 3. The van der Waals surface area contributed by atoms with E-state index in [0.717, 1.165) is 26.1 Å². The van der Waals surface area contributed by atoms with Crippen molar-refractivity contribution < 1.29 is 14.3 Å². The highest BCUT2D eigenvalue weighted by molar-refractivity contribution is 9.10. The van der Waals surface area contributed by atoms with Crippen LogP contribution in [0.4, 0.5) is 10.1 Å². The number of anilines is 1. The number of carboxylic acids is 1. The van der Waals surface area contributed by atoms with Crippen molar-refractivity contribution >= 4 is 27.6 Å². The van der Waals surface area contributed by atoms with Crippen LogP contribution in [0.2, 0.25) is 0 Å². The molecule has 1 rings (SSSR count). The molecule has 0 aliphatic rings. The molecule has 0 radical (unpaired) electrons. The molecule has 0 spiro atoms. The Morgan fingerprint density at radius 3 is 2.65 bits per heavy atom. The molecule has 0 atom stereocenters. The molecule has 2 N–H and O–H groups in total. The Kier molecular flexibility index (Phi) is 6.95. The number of nitrogens with one attached hydrogen (secondary N) is 1. The van der Waals surface area contributed by atoms with Gasteiger partial charge in [-0.05, 0) is 47.6 Å². The lowest BCUT2D eigenvalue weighted by Gasteiger charge is -2.20. The van der Waals surface area contributed by atoms with Crippen LogP contribution in [-0.4, -0.2) is 42.2 Å². The van der Waals surface area contributed by atoms with Gasteiger partial charge in [-0.3, -0.25) is 0 Å². The first-order valence-corrected chi connectivity index (χ1v) is 7.48. The first-order valence-electron chi connectivity index (χ1n) is 6.68. The third-order valence-corrected chi connectivity index (χ3v) is 3.82. The summed E-state index contributed by atoms with van der Waals surface area (Å²) in [6.07, 6.45) is 1.08. The van der Waals surface area contributed by atoms with Crippen LogP contribution in [0.25, 0.3) is 0 Å². The summed E-state index contributed by atoms with van der Waals surface area (Å²) in [5.41, 5.74) is 0.239. The lowest BCUT2D eigenvalue weighted by molar-refractivity contribution is 0.0695. The van der Waals surface area contributed by atoms with Crippen molar-refractivity contribution in [3.05, 3.63) is 28.0 Å². The van der Waals surface area contributed by atoms with E-state index in [1.165, 1.54) is 12.1 Å². The molecule has 0 fully saturated rings. The van der Waals surface area contributed by atoms with Gasteiger partial charge in [0.25, 0.3) is 0 Å². The predicted octanol–water partition coefficient (Wildman–Crippen LogP) is 3.43. The Balaban J connectivity index is 2.65. The van der Waals surface area contributed by atoms with Gasteiger partial charge in [0.2, 0.25) is 0 Å². The average molecular weight is 347 g/mol. The van der Waals surface area contributed by atoms with Crippen LogP contribution in [0.5, 0.6) is 0 Å². The van der Waals surface area contributed by atoms with Crippen molar-refractivity contribution in [1.82, 2.24) is 4.90 Å². The highest BCUT2D eigenvalue weighted by atomic mass is 79.9. The standard InChI is InChI=1S/C14H20BrFN2O2/c1-3-8-18(4-2)9-7-17-11-6-5-10(14(19)20)12(15)13(11)16/h5-6,17H,3-4,7-9H2,1-2H3,(H,19,20). The van der Waals surface area contributed by atoms with Gasteiger partial charge in [-0.15, -0.1) is 0 Å². The first kappa shape index (κ1) is 16.9. The molecule has 0 saturated heterocycles. The van der Waals surface area contributed by atoms with Crippen LogP contribution in [-0.2, 0) is 0 Å². The maximum atomic E-state index is 14.0. The molecule has 1 aromatic rings. The number of rotatable bonds is 8. The molecular weight excluding hydrogens is 327 g/mol. The topological polar surface area (TPSA) is 52.6 Å². The first-order chi connectivity index (χ1) is 9.51. The van der Waals surface area contributed by atoms with Gasteiger partial charge in [0.05, 0.1) is 15.7 Å². The summed E-state index contributed by atoms with van der Waals surface area (Å²) >= 11 is 2.98. The number of nitrogens with zero attached hydrogens (tertiary/aromatic N) is 1. The number of hydrogen-bond donors (Lipinski definition) is 2. The van der Waals surface area contributed by atoms with Crippen LogP contribution < -0.4 is 5.32 Å². The van der Waals surface area contributed by atoms with Gasteiger partial charge in [-0.25, -0.2) is 9.18 Å². The van der Waals surface area contributed by atoms with E-state index in [1.54, 1.807) is 0 Å². The Hall–Kier alpha value is -1.14. The third kappa shape index (κ3) is 4.45. The number of carboxylic acid groups (broad SMARTS) is 1. The van der Waals surface area contributed by atoms with E-state index in [4.69, 9.17) is 5.11 Å². The molecule has 112 valence electrons. The number of likely N-dealkylation sites (N-methyl/N-ethyl adjacent to an activating group) is 1. The lowest BCUT2D eigenvalue weighted by atomic mass is 10.2. The minimum Gasteiger partial charge on any atom is -0.478 e. The second-order valence-corrected chi connectivity index (χ2v) is 5.25. The smallest absolute Gasteiger partial charge is 0.336 e. The van der Waals surface area contributed by atoms with E-state index < -0.39 is 11.8 Å². The molecule has 4 nitrogen and oxygen atoms in total. The Morgan fingerprint density at radius 1 is 1.40 bits per heavy atom. The van der Waals surface area contributed by atoms with Crippen LogP contribution in [0.15, 0.2) is 16.6 Å². The number of benzene rings is 1. The molecule has 6 heteroatoms. The summed E-state index contributed by atoms with van der Waals surface area (Å²) in [6, 6.07) is 2.85. The normalized spacial score (nSPS) is 10.8. The fourth-order valence-electron chi connectivity index (χ4n) is 1.94. The van der Waals surface area contributed by atoms with E-state index in [1.807, 2.05) is 0 Å². The molecule has 0 amide bonds. The Morgan fingerprint density at radius 2 is 2.10 bits per heavy atom. The fraction of sp³-hybridized carbons (Fsp3) is 0.500. The Labute approximate surface area is 127 Å². The van der Waals surface area contributed by atoms with E-state index in [2.05, 4.69) is 40.0 Å². The summed E-state index contributed by atoms with van der Waals surface area (Å²) in [7, 11) is 0.